The first-order valence-electron chi connectivity index (χ1n) is 6.58. The molecule has 1 N–H and O–H groups in total. The van der Waals surface area contributed by atoms with Crippen LogP contribution in [0.15, 0.2) is 30.5 Å². The molecule has 2 aromatic rings. The van der Waals surface area contributed by atoms with Crippen LogP contribution < -0.4 is 5.32 Å². The molecule has 4 heteroatoms. The van der Waals surface area contributed by atoms with Crippen LogP contribution in [0.25, 0.3) is 10.9 Å². The summed E-state index contributed by atoms with van der Waals surface area (Å²) in [5.41, 5.74) is 0.749. The van der Waals surface area contributed by atoms with E-state index in [4.69, 9.17) is 0 Å². The molecule has 2 rings (SSSR count). The molecule has 1 aromatic carbocycles. The highest BCUT2D eigenvalue weighted by atomic mass is 19.1. The summed E-state index contributed by atoms with van der Waals surface area (Å²) >= 11 is 0. The van der Waals surface area contributed by atoms with Gasteiger partial charge in [0.1, 0.15) is 12.4 Å². The molecule has 0 radical (unpaired) electrons. The molecule has 0 unspecified atom stereocenters. The smallest absolute Gasteiger partial charge is 0.239 e. The lowest BCUT2D eigenvalue weighted by molar-refractivity contribution is -0.121. The minimum Gasteiger partial charge on any atom is -0.355 e. The van der Waals surface area contributed by atoms with Crippen molar-refractivity contribution < 1.29 is 9.18 Å². The van der Waals surface area contributed by atoms with E-state index in [2.05, 4.69) is 19.2 Å². The summed E-state index contributed by atoms with van der Waals surface area (Å²) < 4.78 is 15.3. The van der Waals surface area contributed by atoms with Gasteiger partial charge in [0.25, 0.3) is 0 Å². The average Bonchev–Trinajstić information content (AvgIpc) is 2.73. The van der Waals surface area contributed by atoms with Gasteiger partial charge in [-0.3, -0.25) is 4.79 Å². The van der Waals surface area contributed by atoms with Crippen molar-refractivity contribution in [3.8, 4) is 0 Å². The maximum Gasteiger partial charge on any atom is 0.239 e. The first-order chi connectivity index (χ1) is 9.08. The first kappa shape index (κ1) is 13.6. The zero-order valence-electron chi connectivity index (χ0n) is 11.3. The van der Waals surface area contributed by atoms with Gasteiger partial charge in [0.05, 0.1) is 5.52 Å². The fourth-order valence-electron chi connectivity index (χ4n) is 2.03. The van der Waals surface area contributed by atoms with Gasteiger partial charge in [-0.15, -0.1) is 0 Å². The van der Waals surface area contributed by atoms with Crippen molar-refractivity contribution in [3.05, 3.63) is 36.3 Å². The number of hydrogen-bond donors (Lipinski definition) is 1. The maximum absolute atomic E-state index is 13.5. The Morgan fingerprint density at radius 2 is 2.16 bits per heavy atom. The van der Waals surface area contributed by atoms with Crippen molar-refractivity contribution in [2.75, 3.05) is 6.54 Å². The number of amides is 1. The van der Waals surface area contributed by atoms with Crippen molar-refractivity contribution in [2.24, 2.45) is 5.92 Å². The van der Waals surface area contributed by atoms with Gasteiger partial charge in [-0.2, -0.15) is 0 Å². The van der Waals surface area contributed by atoms with Gasteiger partial charge < -0.3 is 9.88 Å². The highest BCUT2D eigenvalue weighted by Gasteiger charge is 2.08. The molecular weight excluding hydrogens is 243 g/mol. The van der Waals surface area contributed by atoms with Crippen molar-refractivity contribution in [3.63, 3.8) is 0 Å². The van der Waals surface area contributed by atoms with Gasteiger partial charge in [0.2, 0.25) is 5.91 Å². The third kappa shape index (κ3) is 3.34. The zero-order chi connectivity index (χ0) is 13.8. The maximum atomic E-state index is 13.5. The predicted octanol–water partition coefficient (Wildman–Crippen LogP) is 2.94. The molecule has 19 heavy (non-hydrogen) atoms. The molecule has 0 fully saturated rings. The highest BCUT2D eigenvalue weighted by Crippen LogP contribution is 2.18. The molecule has 3 nitrogen and oxygen atoms in total. The summed E-state index contributed by atoms with van der Waals surface area (Å²) in [4.78, 5) is 11.8. The quantitative estimate of drug-likeness (QED) is 0.883. The van der Waals surface area contributed by atoms with Crippen LogP contribution in [0.3, 0.4) is 0 Å². The summed E-state index contributed by atoms with van der Waals surface area (Å²) in [6.07, 6.45) is 2.71. The number of aromatic nitrogens is 1. The highest BCUT2D eigenvalue weighted by molar-refractivity contribution is 5.83. The second kappa shape index (κ2) is 5.87. The largest absolute Gasteiger partial charge is 0.355 e. The lowest BCUT2D eigenvalue weighted by Crippen LogP contribution is -2.28. The lowest BCUT2D eigenvalue weighted by Gasteiger charge is -2.08. The zero-order valence-corrected chi connectivity index (χ0v) is 11.3. The molecule has 0 bridgehead atoms. The van der Waals surface area contributed by atoms with Gasteiger partial charge >= 0.3 is 0 Å². The Hall–Kier alpha value is -1.84. The van der Waals surface area contributed by atoms with E-state index < -0.39 is 0 Å². The summed E-state index contributed by atoms with van der Waals surface area (Å²) in [6, 6.07) is 6.60. The molecule has 0 aliphatic heterocycles. The van der Waals surface area contributed by atoms with Crippen LogP contribution in [0.2, 0.25) is 0 Å². The molecule has 1 heterocycles. The first-order valence-corrected chi connectivity index (χ1v) is 6.58. The van der Waals surface area contributed by atoms with E-state index in [1.165, 1.54) is 6.07 Å². The van der Waals surface area contributed by atoms with Gasteiger partial charge in [0.15, 0.2) is 0 Å². The summed E-state index contributed by atoms with van der Waals surface area (Å²) in [6.45, 7) is 5.15. The van der Waals surface area contributed by atoms with Crippen LogP contribution in [-0.4, -0.2) is 17.0 Å². The second-order valence-corrected chi connectivity index (χ2v) is 5.15. The molecule has 0 aliphatic rings. The summed E-state index contributed by atoms with van der Waals surface area (Å²) in [7, 11) is 0. The fraction of sp³-hybridized carbons (Fsp3) is 0.400. The monoisotopic (exact) mass is 262 g/mol. The second-order valence-electron chi connectivity index (χ2n) is 5.15. The lowest BCUT2D eigenvalue weighted by atomic mass is 10.1. The van der Waals surface area contributed by atoms with Crippen LogP contribution in [0.1, 0.15) is 20.3 Å². The molecule has 1 amide bonds. The third-order valence-corrected chi connectivity index (χ3v) is 3.12. The number of nitrogens with zero attached hydrogens (tertiary/aromatic N) is 1. The Balaban J connectivity index is 2.01. The number of rotatable bonds is 5. The molecule has 1 aromatic heterocycles. The van der Waals surface area contributed by atoms with Gasteiger partial charge in [-0.05, 0) is 30.5 Å². The van der Waals surface area contributed by atoms with Crippen LogP contribution in [0, 0.1) is 11.7 Å². The molecule has 0 spiro atoms. The van der Waals surface area contributed by atoms with E-state index in [-0.39, 0.29) is 18.3 Å². The molecule has 0 atom stereocenters. The normalized spacial score (nSPS) is 11.2. The van der Waals surface area contributed by atoms with Crippen LogP contribution in [0.5, 0.6) is 0 Å². The van der Waals surface area contributed by atoms with E-state index in [0.717, 1.165) is 11.9 Å². The van der Waals surface area contributed by atoms with Crippen molar-refractivity contribution >= 4 is 16.8 Å². The van der Waals surface area contributed by atoms with E-state index in [0.29, 0.717) is 17.8 Å². The van der Waals surface area contributed by atoms with Gasteiger partial charge in [0, 0.05) is 18.1 Å². The fourth-order valence-corrected chi connectivity index (χ4v) is 2.03. The molecule has 0 aliphatic carbocycles. The number of carbonyl (C=O) groups excluding carboxylic acids is 1. The summed E-state index contributed by atoms with van der Waals surface area (Å²) in [5, 5.41) is 3.43. The molecule has 102 valence electrons. The number of fused-ring (bicyclic) bond motifs is 1. The Morgan fingerprint density at radius 3 is 2.89 bits per heavy atom. The standard InChI is InChI=1S/C15H19FN2O/c1-11(2)6-8-17-15(19)10-18-9-7-12-13(16)4-3-5-14(12)18/h3-5,7,9,11H,6,8,10H2,1-2H3,(H,17,19). The number of carbonyl (C=O) groups is 1. The minimum atomic E-state index is -0.253. The molecule has 0 saturated carbocycles. The van der Waals surface area contributed by atoms with Crippen LogP contribution in [0.4, 0.5) is 4.39 Å². The van der Waals surface area contributed by atoms with Gasteiger partial charge in [-0.1, -0.05) is 19.9 Å². The third-order valence-electron chi connectivity index (χ3n) is 3.12. The Bertz CT molecular complexity index is 575. The van der Waals surface area contributed by atoms with E-state index in [1.54, 1.807) is 22.9 Å². The number of benzene rings is 1. The number of hydrogen-bond acceptors (Lipinski definition) is 1. The average molecular weight is 262 g/mol. The number of nitrogens with one attached hydrogen (secondary N) is 1. The predicted molar refractivity (Wildman–Crippen MR) is 74.4 cm³/mol. The van der Waals surface area contributed by atoms with Crippen LogP contribution >= 0.6 is 0 Å². The molecule has 0 saturated heterocycles. The van der Waals surface area contributed by atoms with Crippen molar-refractivity contribution in [1.29, 1.82) is 0 Å². The van der Waals surface area contributed by atoms with Crippen molar-refractivity contribution in [2.45, 2.75) is 26.8 Å². The topological polar surface area (TPSA) is 34.0 Å². The van der Waals surface area contributed by atoms with E-state index in [1.807, 2.05) is 6.07 Å². The van der Waals surface area contributed by atoms with Gasteiger partial charge in [-0.25, -0.2) is 4.39 Å². The molecular formula is C15H19FN2O. The van der Waals surface area contributed by atoms with E-state index >= 15 is 0 Å². The Kier molecular flexibility index (Phi) is 4.20. The SMILES string of the molecule is CC(C)CCNC(=O)Cn1ccc2c(F)cccc21. The van der Waals surface area contributed by atoms with Crippen molar-refractivity contribution in [1.82, 2.24) is 9.88 Å². The van der Waals surface area contributed by atoms with E-state index in [9.17, 15) is 9.18 Å². The Labute approximate surface area is 112 Å². The minimum absolute atomic E-state index is 0.0394. The summed E-state index contributed by atoms with van der Waals surface area (Å²) in [5.74, 6) is 0.278. The van der Waals surface area contributed by atoms with Crippen LogP contribution in [-0.2, 0) is 11.3 Å². The number of halogens is 1. The Morgan fingerprint density at radius 1 is 1.37 bits per heavy atom.